The molecule has 0 radical (unpaired) electrons. The van der Waals surface area contributed by atoms with Crippen molar-refractivity contribution in [1.29, 1.82) is 0 Å². The molecular weight excluding hydrogens is 247 g/mol. The number of aromatic nitrogens is 2. The van der Waals surface area contributed by atoms with E-state index in [0.717, 1.165) is 0 Å². The minimum atomic E-state index is -0.314. The van der Waals surface area contributed by atoms with Crippen LogP contribution >= 0.6 is 0 Å². The van der Waals surface area contributed by atoms with E-state index in [0.29, 0.717) is 22.3 Å². The standard InChI is InChI=1S/C14H9FN2O2/c15-10-1-3-11(4-2-10)19-12-5-6-13-9(7-12)8-16-17-14(13)18/h1-8H,(H,17,18). The van der Waals surface area contributed by atoms with Gasteiger partial charge in [0.2, 0.25) is 5.88 Å². The maximum atomic E-state index is 12.8. The van der Waals surface area contributed by atoms with Crippen LogP contribution in [-0.2, 0) is 0 Å². The van der Waals surface area contributed by atoms with Crippen LogP contribution in [0.4, 0.5) is 4.39 Å². The summed E-state index contributed by atoms with van der Waals surface area (Å²) in [6.07, 6.45) is 1.53. The number of ether oxygens (including phenoxy) is 1. The normalized spacial score (nSPS) is 10.6. The third kappa shape index (κ3) is 2.30. The molecule has 1 N–H and O–H groups in total. The molecule has 2 aromatic carbocycles. The van der Waals surface area contributed by atoms with Gasteiger partial charge in [0.15, 0.2) is 0 Å². The molecule has 1 heterocycles. The zero-order valence-electron chi connectivity index (χ0n) is 9.75. The lowest BCUT2D eigenvalue weighted by Crippen LogP contribution is -1.87. The summed E-state index contributed by atoms with van der Waals surface area (Å²) in [7, 11) is 0. The number of aromatic hydroxyl groups is 1. The summed E-state index contributed by atoms with van der Waals surface area (Å²) in [6, 6.07) is 10.9. The van der Waals surface area contributed by atoms with Crippen molar-refractivity contribution >= 4 is 10.8 Å². The van der Waals surface area contributed by atoms with E-state index in [1.165, 1.54) is 18.3 Å². The maximum absolute atomic E-state index is 12.8. The van der Waals surface area contributed by atoms with Crippen LogP contribution in [0.15, 0.2) is 48.7 Å². The van der Waals surface area contributed by atoms with Crippen LogP contribution < -0.4 is 4.74 Å². The van der Waals surface area contributed by atoms with E-state index >= 15 is 0 Å². The molecule has 0 saturated carbocycles. The minimum Gasteiger partial charge on any atom is -0.492 e. The second-order valence-electron chi connectivity index (χ2n) is 3.97. The van der Waals surface area contributed by atoms with E-state index in [-0.39, 0.29) is 11.7 Å². The molecule has 0 aliphatic rings. The second-order valence-corrected chi connectivity index (χ2v) is 3.97. The van der Waals surface area contributed by atoms with Crippen molar-refractivity contribution < 1.29 is 14.2 Å². The van der Waals surface area contributed by atoms with Crippen LogP contribution in [0.5, 0.6) is 17.4 Å². The molecule has 19 heavy (non-hydrogen) atoms. The van der Waals surface area contributed by atoms with Gasteiger partial charge in [-0.25, -0.2) is 4.39 Å². The fourth-order valence-corrected chi connectivity index (χ4v) is 1.75. The van der Waals surface area contributed by atoms with Crippen molar-refractivity contribution in [2.75, 3.05) is 0 Å². The number of hydrogen-bond acceptors (Lipinski definition) is 4. The number of halogens is 1. The Morgan fingerprint density at radius 1 is 1.00 bits per heavy atom. The molecule has 0 unspecified atom stereocenters. The average Bonchev–Trinajstić information content (AvgIpc) is 2.42. The highest BCUT2D eigenvalue weighted by Gasteiger charge is 2.04. The molecule has 3 rings (SSSR count). The van der Waals surface area contributed by atoms with Gasteiger partial charge in [-0.1, -0.05) is 0 Å². The number of nitrogens with zero attached hydrogens (tertiary/aromatic N) is 2. The molecule has 3 aromatic rings. The first kappa shape index (κ1) is 11.4. The van der Waals surface area contributed by atoms with Crippen LogP contribution in [0.25, 0.3) is 10.8 Å². The van der Waals surface area contributed by atoms with Gasteiger partial charge in [0.05, 0.1) is 6.20 Å². The van der Waals surface area contributed by atoms with Gasteiger partial charge in [-0.2, -0.15) is 5.10 Å². The molecule has 4 nitrogen and oxygen atoms in total. The van der Waals surface area contributed by atoms with E-state index in [2.05, 4.69) is 10.2 Å². The largest absolute Gasteiger partial charge is 0.492 e. The molecule has 0 atom stereocenters. The van der Waals surface area contributed by atoms with Gasteiger partial charge >= 0.3 is 0 Å². The Balaban J connectivity index is 1.95. The Labute approximate surface area is 108 Å². The zero-order chi connectivity index (χ0) is 13.2. The van der Waals surface area contributed by atoms with E-state index in [1.807, 2.05) is 0 Å². The molecule has 0 bridgehead atoms. The third-order valence-electron chi connectivity index (χ3n) is 2.66. The highest BCUT2D eigenvalue weighted by molar-refractivity contribution is 5.86. The van der Waals surface area contributed by atoms with E-state index in [1.54, 1.807) is 30.3 Å². The molecule has 0 amide bonds. The van der Waals surface area contributed by atoms with Crippen molar-refractivity contribution in [2.45, 2.75) is 0 Å². The summed E-state index contributed by atoms with van der Waals surface area (Å²) in [4.78, 5) is 0. The Morgan fingerprint density at radius 3 is 2.53 bits per heavy atom. The van der Waals surface area contributed by atoms with Crippen molar-refractivity contribution in [2.24, 2.45) is 0 Å². The average molecular weight is 256 g/mol. The Kier molecular flexibility index (Phi) is 2.72. The molecule has 0 spiro atoms. The van der Waals surface area contributed by atoms with Gasteiger partial charge in [-0.15, -0.1) is 5.10 Å². The first-order valence-corrected chi connectivity index (χ1v) is 5.60. The highest BCUT2D eigenvalue weighted by atomic mass is 19.1. The topological polar surface area (TPSA) is 55.2 Å². The van der Waals surface area contributed by atoms with Crippen molar-refractivity contribution in [3.8, 4) is 17.4 Å². The quantitative estimate of drug-likeness (QED) is 0.764. The first-order chi connectivity index (χ1) is 9.22. The summed E-state index contributed by atoms with van der Waals surface area (Å²) >= 11 is 0. The number of benzene rings is 2. The van der Waals surface area contributed by atoms with Crippen LogP contribution in [-0.4, -0.2) is 15.3 Å². The molecule has 1 aromatic heterocycles. The second kappa shape index (κ2) is 4.53. The lowest BCUT2D eigenvalue weighted by atomic mass is 10.2. The van der Waals surface area contributed by atoms with Crippen LogP contribution in [0.3, 0.4) is 0 Å². The lowest BCUT2D eigenvalue weighted by molar-refractivity contribution is 0.452. The molecular formula is C14H9FN2O2. The van der Waals surface area contributed by atoms with Crippen molar-refractivity contribution in [3.63, 3.8) is 0 Å². The summed E-state index contributed by atoms with van der Waals surface area (Å²) in [5.41, 5.74) is 0. The SMILES string of the molecule is Oc1nncc2cc(Oc3ccc(F)cc3)ccc12. The van der Waals surface area contributed by atoms with Crippen LogP contribution in [0.2, 0.25) is 0 Å². The number of fused-ring (bicyclic) bond motifs is 1. The first-order valence-electron chi connectivity index (χ1n) is 5.60. The van der Waals surface area contributed by atoms with Gasteiger partial charge in [-0.05, 0) is 42.5 Å². The van der Waals surface area contributed by atoms with Gasteiger partial charge in [0.25, 0.3) is 0 Å². The fourth-order valence-electron chi connectivity index (χ4n) is 1.75. The highest BCUT2D eigenvalue weighted by Crippen LogP contribution is 2.28. The molecule has 94 valence electrons. The Bertz CT molecular complexity index is 729. The predicted octanol–water partition coefficient (Wildman–Crippen LogP) is 3.27. The zero-order valence-corrected chi connectivity index (χ0v) is 9.75. The van der Waals surface area contributed by atoms with Crippen LogP contribution in [0.1, 0.15) is 0 Å². The van der Waals surface area contributed by atoms with E-state index < -0.39 is 0 Å². The van der Waals surface area contributed by atoms with E-state index in [9.17, 15) is 9.50 Å². The lowest BCUT2D eigenvalue weighted by Gasteiger charge is -2.06. The van der Waals surface area contributed by atoms with Gasteiger partial charge in [-0.3, -0.25) is 0 Å². The van der Waals surface area contributed by atoms with Gasteiger partial charge in [0, 0.05) is 10.8 Å². The van der Waals surface area contributed by atoms with Crippen molar-refractivity contribution in [3.05, 3.63) is 54.5 Å². The number of hydrogen-bond donors (Lipinski definition) is 1. The summed E-state index contributed by atoms with van der Waals surface area (Å²) in [5.74, 6) is 0.676. The van der Waals surface area contributed by atoms with Crippen LogP contribution in [0, 0.1) is 5.82 Å². The summed E-state index contributed by atoms with van der Waals surface area (Å²) < 4.78 is 18.4. The third-order valence-corrected chi connectivity index (χ3v) is 2.66. The molecule has 0 fully saturated rings. The summed E-state index contributed by atoms with van der Waals surface area (Å²) in [6.45, 7) is 0. The van der Waals surface area contributed by atoms with Crippen molar-refractivity contribution in [1.82, 2.24) is 10.2 Å². The maximum Gasteiger partial charge on any atom is 0.238 e. The monoisotopic (exact) mass is 256 g/mol. The van der Waals surface area contributed by atoms with Gasteiger partial charge < -0.3 is 9.84 Å². The number of rotatable bonds is 2. The van der Waals surface area contributed by atoms with E-state index in [4.69, 9.17) is 4.74 Å². The smallest absolute Gasteiger partial charge is 0.238 e. The molecule has 0 saturated heterocycles. The fraction of sp³-hybridized carbons (Fsp3) is 0. The molecule has 0 aliphatic heterocycles. The summed E-state index contributed by atoms with van der Waals surface area (Å²) in [5, 5.41) is 18.1. The minimum absolute atomic E-state index is 0.120. The molecule has 0 aliphatic carbocycles. The predicted molar refractivity (Wildman–Crippen MR) is 67.7 cm³/mol. The molecule has 5 heteroatoms. The van der Waals surface area contributed by atoms with Gasteiger partial charge in [0.1, 0.15) is 17.3 Å². The Morgan fingerprint density at radius 2 is 1.74 bits per heavy atom. The Hall–Kier alpha value is -2.69.